The van der Waals surface area contributed by atoms with Crippen molar-refractivity contribution in [3.05, 3.63) is 0 Å². The molecule has 6 heteroatoms. The van der Waals surface area contributed by atoms with E-state index in [0.717, 1.165) is 0 Å². The second kappa shape index (κ2) is 5.35. The van der Waals surface area contributed by atoms with Crippen LogP contribution in [-0.2, 0) is 0 Å². The summed E-state index contributed by atoms with van der Waals surface area (Å²) in [6.07, 6.45) is -3.37. The molecule has 0 aromatic carbocycles. The second-order valence-corrected chi connectivity index (χ2v) is 2.08. The van der Waals surface area contributed by atoms with Crippen molar-refractivity contribution in [1.29, 1.82) is 0 Å². The van der Waals surface area contributed by atoms with Gasteiger partial charge in [-0.1, -0.05) is 0 Å². The SMILES string of the molecule is Cl.OC(O)C(O)C(O)P. The summed E-state index contributed by atoms with van der Waals surface area (Å²) in [5.74, 6) is -1.19. The lowest BCUT2D eigenvalue weighted by Gasteiger charge is -2.13. The predicted octanol–water partition coefficient (Wildman–Crippen LogP) is -1.73. The summed E-state index contributed by atoms with van der Waals surface area (Å²) in [4.78, 5) is 0. The standard InChI is InChI=1S/C3H9O4P.ClH/c4-1(2(5)6)3(7)8;/h1-7H,8H2;1H. The van der Waals surface area contributed by atoms with Crippen molar-refractivity contribution in [2.75, 3.05) is 0 Å². The van der Waals surface area contributed by atoms with Gasteiger partial charge in [0.2, 0.25) is 0 Å². The number of hydrogen-bond acceptors (Lipinski definition) is 4. The maximum absolute atomic E-state index is 8.43. The number of aliphatic hydroxyl groups is 4. The van der Waals surface area contributed by atoms with Crippen molar-refractivity contribution in [3.8, 4) is 0 Å². The molecule has 0 amide bonds. The highest BCUT2D eigenvalue weighted by Gasteiger charge is 2.17. The smallest absolute Gasteiger partial charge is 0.181 e. The Morgan fingerprint density at radius 3 is 1.33 bits per heavy atom. The lowest BCUT2D eigenvalue weighted by atomic mass is 10.4. The zero-order valence-corrected chi connectivity index (χ0v) is 6.48. The molecule has 0 aliphatic rings. The molecule has 3 unspecified atom stereocenters. The second-order valence-electron chi connectivity index (χ2n) is 1.39. The molecule has 0 aliphatic carbocycles. The van der Waals surface area contributed by atoms with Crippen LogP contribution in [0.15, 0.2) is 0 Å². The van der Waals surface area contributed by atoms with E-state index in [1.807, 2.05) is 9.24 Å². The molecule has 0 heterocycles. The topological polar surface area (TPSA) is 80.9 Å². The van der Waals surface area contributed by atoms with E-state index in [4.69, 9.17) is 20.4 Å². The summed E-state index contributed by atoms with van der Waals surface area (Å²) in [6, 6.07) is 0. The largest absolute Gasteiger partial charge is 0.386 e. The van der Waals surface area contributed by atoms with Gasteiger partial charge in [0, 0.05) is 0 Å². The van der Waals surface area contributed by atoms with Gasteiger partial charge < -0.3 is 20.4 Å². The summed E-state index contributed by atoms with van der Waals surface area (Å²) in [5.41, 5.74) is 0. The van der Waals surface area contributed by atoms with Gasteiger partial charge in [-0.2, -0.15) is 0 Å². The molecular formula is C3H10ClO4P. The zero-order chi connectivity index (χ0) is 6.73. The summed E-state index contributed by atoms with van der Waals surface area (Å²) in [5, 5.41) is 33.1. The summed E-state index contributed by atoms with van der Waals surface area (Å²) in [6.45, 7) is 0. The normalized spacial score (nSPS) is 16.7. The third-order valence-electron chi connectivity index (χ3n) is 0.655. The van der Waals surface area contributed by atoms with Crippen LogP contribution < -0.4 is 0 Å². The Morgan fingerprint density at radius 2 is 1.33 bits per heavy atom. The average Bonchev–Trinajstić information content (AvgIpc) is 1.64. The molecule has 0 rings (SSSR count). The molecule has 0 fully saturated rings. The Kier molecular flexibility index (Phi) is 7.29. The molecule has 0 saturated carbocycles. The highest BCUT2D eigenvalue weighted by atomic mass is 35.5. The van der Waals surface area contributed by atoms with Crippen LogP contribution in [0.25, 0.3) is 0 Å². The fourth-order valence-electron chi connectivity index (χ4n) is 0.176. The lowest BCUT2D eigenvalue weighted by Crippen LogP contribution is -2.33. The maximum atomic E-state index is 8.43. The molecule has 0 radical (unpaired) electrons. The minimum Gasteiger partial charge on any atom is -0.386 e. The first-order valence-corrected chi connectivity index (χ1v) is 2.70. The van der Waals surface area contributed by atoms with E-state index in [1.165, 1.54) is 0 Å². The molecule has 58 valence electrons. The van der Waals surface area contributed by atoms with Gasteiger partial charge in [0.15, 0.2) is 6.29 Å². The quantitative estimate of drug-likeness (QED) is 0.298. The molecule has 0 bridgehead atoms. The highest BCUT2D eigenvalue weighted by molar-refractivity contribution is 7.17. The van der Waals surface area contributed by atoms with E-state index in [1.54, 1.807) is 0 Å². The molecule has 9 heavy (non-hydrogen) atoms. The van der Waals surface area contributed by atoms with Gasteiger partial charge in [0.1, 0.15) is 6.10 Å². The van der Waals surface area contributed by atoms with E-state index in [2.05, 4.69) is 0 Å². The molecule has 0 aromatic rings. The fourth-order valence-corrected chi connectivity index (χ4v) is 0.375. The van der Waals surface area contributed by atoms with Crippen LogP contribution in [0.4, 0.5) is 0 Å². The fraction of sp³-hybridized carbons (Fsp3) is 1.00. The molecule has 4 nitrogen and oxygen atoms in total. The summed E-state index contributed by atoms with van der Waals surface area (Å²) >= 11 is 0. The highest BCUT2D eigenvalue weighted by Crippen LogP contribution is 2.03. The van der Waals surface area contributed by atoms with Gasteiger partial charge in [-0.25, -0.2) is 0 Å². The number of rotatable bonds is 2. The van der Waals surface area contributed by atoms with Gasteiger partial charge in [0.05, 0.1) is 5.85 Å². The summed E-state index contributed by atoms with van der Waals surface area (Å²) in [7, 11) is 1.83. The van der Waals surface area contributed by atoms with Crippen LogP contribution in [0.1, 0.15) is 0 Å². The third kappa shape index (κ3) is 5.03. The minimum atomic E-state index is -1.87. The van der Waals surface area contributed by atoms with Crippen molar-refractivity contribution in [3.63, 3.8) is 0 Å². The minimum absolute atomic E-state index is 0. The Hall–Kier alpha value is 0.560. The Balaban J connectivity index is 0. The monoisotopic (exact) mass is 176 g/mol. The first kappa shape index (κ1) is 12.3. The van der Waals surface area contributed by atoms with Crippen molar-refractivity contribution in [2.24, 2.45) is 0 Å². The molecule has 0 spiro atoms. The van der Waals surface area contributed by atoms with Crippen LogP contribution in [0.2, 0.25) is 0 Å². The zero-order valence-electron chi connectivity index (χ0n) is 4.51. The maximum Gasteiger partial charge on any atom is 0.181 e. The number of aliphatic hydroxyl groups excluding tert-OH is 3. The van der Waals surface area contributed by atoms with Crippen molar-refractivity contribution in [2.45, 2.75) is 18.2 Å². The van der Waals surface area contributed by atoms with Gasteiger partial charge in [-0.05, 0) is 0 Å². The van der Waals surface area contributed by atoms with Gasteiger partial charge in [-0.3, -0.25) is 0 Å². The first-order valence-electron chi connectivity index (χ1n) is 2.03. The molecule has 0 aliphatic heterocycles. The van der Waals surface area contributed by atoms with Gasteiger partial charge >= 0.3 is 0 Å². The van der Waals surface area contributed by atoms with Crippen molar-refractivity contribution >= 4 is 21.6 Å². The molecular weight excluding hydrogens is 166 g/mol. The number of hydrogen-bond donors (Lipinski definition) is 4. The first-order chi connectivity index (χ1) is 3.55. The van der Waals surface area contributed by atoms with Crippen LogP contribution in [-0.4, -0.2) is 38.7 Å². The van der Waals surface area contributed by atoms with E-state index < -0.39 is 18.2 Å². The third-order valence-corrected chi connectivity index (χ3v) is 1.05. The van der Waals surface area contributed by atoms with E-state index >= 15 is 0 Å². The van der Waals surface area contributed by atoms with Gasteiger partial charge in [0.25, 0.3) is 0 Å². The van der Waals surface area contributed by atoms with Crippen molar-refractivity contribution < 1.29 is 20.4 Å². The Labute approximate surface area is 61.1 Å². The van der Waals surface area contributed by atoms with E-state index in [-0.39, 0.29) is 12.4 Å². The van der Waals surface area contributed by atoms with Gasteiger partial charge in [-0.15, -0.1) is 21.6 Å². The van der Waals surface area contributed by atoms with Crippen LogP contribution in [0.5, 0.6) is 0 Å². The molecule has 3 atom stereocenters. The van der Waals surface area contributed by atoms with Crippen molar-refractivity contribution in [1.82, 2.24) is 0 Å². The molecule has 0 saturated heterocycles. The van der Waals surface area contributed by atoms with Crippen LogP contribution in [0.3, 0.4) is 0 Å². The molecule has 4 N–H and O–H groups in total. The van der Waals surface area contributed by atoms with E-state index in [0.29, 0.717) is 0 Å². The Bertz CT molecular complexity index is 60.8. The van der Waals surface area contributed by atoms with Crippen LogP contribution in [0, 0.1) is 0 Å². The molecule has 0 aromatic heterocycles. The summed E-state index contributed by atoms with van der Waals surface area (Å²) < 4.78 is 0. The average molecular weight is 177 g/mol. The van der Waals surface area contributed by atoms with Crippen LogP contribution >= 0.6 is 21.6 Å². The predicted molar refractivity (Wildman–Crippen MR) is 37.2 cm³/mol. The lowest BCUT2D eigenvalue weighted by molar-refractivity contribution is -0.141. The van der Waals surface area contributed by atoms with E-state index in [9.17, 15) is 0 Å². The Morgan fingerprint density at radius 1 is 1.00 bits per heavy atom. The number of halogens is 1.